The molecule has 1 aromatic rings. The molecule has 1 aromatic heterocycles. The van der Waals surface area contributed by atoms with Crippen molar-refractivity contribution in [1.82, 2.24) is 9.88 Å². The van der Waals surface area contributed by atoms with Crippen LogP contribution < -0.4 is 16.6 Å². The molecule has 2 rings (SSSR count). The fraction of sp³-hybridized carbons (Fsp3) is 0.538. The van der Waals surface area contributed by atoms with E-state index < -0.39 is 5.54 Å². The number of nitrogens with one attached hydrogen (secondary N) is 1. The highest BCUT2D eigenvalue weighted by molar-refractivity contribution is 5.76. The first-order chi connectivity index (χ1) is 9.54. The van der Waals surface area contributed by atoms with E-state index in [0.717, 1.165) is 0 Å². The number of carbonyl (C=O) groups excluding carboxylic acids is 1. The van der Waals surface area contributed by atoms with Gasteiger partial charge in [0.1, 0.15) is 6.54 Å². The van der Waals surface area contributed by atoms with Crippen molar-refractivity contribution < 1.29 is 14.6 Å². The zero-order chi connectivity index (χ0) is 14.6. The standard InChI is InChI=1S/C13H19N3O4/c14-10-1-2-12(19)16(7-10)8-11(18)15-13(9-17)3-5-20-6-4-13/h1-2,7,17H,3-6,8-9,14H2,(H,15,18). The summed E-state index contributed by atoms with van der Waals surface area (Å²) in [6.07, 6.45) is 2.54. The summed E-state index contributed by atoms with van der Waals surface area (Å²) < 4.78 is 6.47. The van der Waals surface area contributed by atoms with Crippen molar-refractivity contribution in [3.05, 3.63) is 28.7 Å². The minimum atomic E-state index is -0.654. The maximum atomic E-state index is 12.0. The topological polar surface area (TPSA) is 107 Å². The fourth-order valence-electron chi connectivity index (χ4n) is 2.25. The Hall–Kier alpha value is -1.86. The third kappa shape index (κ3) is 3.37. The van der Waals surface area contributed by atoms with Gasteiger partial charge in [-0.15, -0.1) is 0 Å². The van der Waals surface area contributed by atoms with Crippen LogP contribution in [-0.2, 0) is 16.1 Å². The Morgan fingerprint density at radius 3 is 2.80 bits per heavy atom. The Morgan fingerprint density at radius 2 is 2.15 bits per heavy atom. The highest BCUT2D eigenvalue weighted by atomic mass is 16.5. The van der Waals surface area contributed by atoms with Gasteiger partial charge >= 0.3 is 0 Å². The highest BCUT2D eigenvalue weighted by Gasteiger charge is 2.33. The molecular formula is C13H19N3O4. The minimum Gasteiger partial charge on any atom is -0.398 e. The van der Waals surface area contributed by atoms with E-state index in [9.17, 15) is 14.7 Å². The van der Waals surface area contributed by atoms with E-state index in [0.29, 0.717) is 31.7 Å². The second-order valence-corrected chi connectivity index (χ2v) is 5.03. The van der Waals surface area contributed by atoms with E-state index >= 15 is 0 Å². The number of nitrogens with two attached hydrogens (primary N) is 1. The van der Waals surface area contributed by atoms with Gasteiger partial charge in [0.05, 0.1) is 12.1 Å². The van der Waals surface area contributed by atoms with Crippen LogP contribution in [0.15, 0.2) is 23.1 Å². The lowest BCUT2D eigenvalue weighted by Crippen LogP contribution is -2.55. The van der Waals surface area contributed by atoms with Gasteiger partial charge in [-0.25, -0.2) is 0 Å². The summed E-state index contributed by atoms with van der Waals surface area (Å²) >= 11 is 0. The van der Waals surface area contributed by atoms with Crippen LogP contribution in [0.3, 0.4) is 0 Å². The molecule has 7 nitrogen and oxygen atoms in total. The Morgan fingerprint density at radius 1 is 1.45 bits per heavy atom. The van der Waals surface area contributed by atoms with Crippen molar-refractivity contribution in [1.29, 1.82) is 0 Å². The predicted molar refractivity (Wildman–Crippen MR) is 73.1 cm³/mol. The summed E-state index contributed by atoms with van der Waals surface area (Å²) in [5.74, 6) is -0.325. The minimum absolute atomic E-state index is 0.119. The maximum Gasteiger partial charge on any atom is 0.251 e. The normalized spacial score (nSPS) is 17.6. The first-order valence-electron chi connectivity index (χ1n) is 6.50. The molecule has 0 bridgehead atoms. The van der Waals surface area contributed by atoms with Crippen molar-refractivity contribution in [3.63, 3.8) is 0 Å². The van der Waals surface area contributed by atoms with Gasteiger partial charge in [-0.05, 0) is 18.9 Å². The number of nitrogens with zero attached hydrogens (tertiary/aromatic N) is 1. The molecule has 0 radical (unpaired) electrons. The van der Waals surface area contributed by atoms with Crippen LogP contribution in [-0.4, -0.2) is 40.9 Å². The van der Waals surface area contributed by atoms with Crippen LogP contribution in [0.5, 0.6) is 0 Å². The number of rotatable bonds is 4. The molecule has 4 N–H and O–H groups in total. The summed E-state index contributed by atoms with van der Waals surface area (Å²) in [6.45, 7) is 0.735. The molecule has 1 amide bonds. The summed E-state index contributed by atoms with van der Waals surface area (Å²) in [4.78, 5) is 23.7. The first-order valence-corrected chi connectivity index (χ1v) is 6.50. The van der Waals surface area contributed by atoms with E-state index in [1.54, 1.807) is 0 Å². The zero-order valence-electron chi connectivity index (χ0n) is 11.2. The lowest BCUT2D eigenvalue weighted by Gasteiger charge is -2.36. The predicted octanol–water partition coefficient (Wildman–Crippen LogP) is -0.912. The molecule has 0 aromatic carbocycles. The number of aromatic nitrogens is 1. The lowest BCUT2D eigenvalue weighted by atomic mass is 9.91. The number of pyridine rings is 1. The maximum absolute atomic E-state index is 12.0. The van der Waals surface area contributed by atoms with Crippen molar-refractivity contribution in [2.24, 2.45) is 0 Å². The molecule has 0 spiro atoms. The van der Waals surface area contributed by atoms with Crippen LogP contribution in [0.4, 0.5) is 5.69 Å². The molecule has 1 fully saturated rings. The second kappa shape index (κ2) is 6.06. The van der Waals surface area contributed by atoms with Crippen LogP contribution in [0.25, 0.3) is 0 Å². The third-order valence-corrected chi connectivity index (χ3v) is 3.48. The molecule has 0 unspecified atom stereocenters. The van der Waals surface area contributed by atoms with Gasteiger partial charge < -0.3 is 25.5 Å². The van der Waals surface area contributed by atoms with Crippen molar-refractivity contribution in [3.8, 4) is 0 Å². The molecule has 2 heterocycles. The number of aliphatic hydroxyl groups is 1. The largest absolute Gasteiger partial charge is 0.398 e. The summed E-state index contributed by atoms with van der Waals surface area (Å²) in [5, 5.41) is 12.3. The SMILES string of the molecule is Nc1ccc(=O)n(CC(=O)NC2(CO)CCOCC2)c1. The number of anilines is 1. The van der Waals surface area contributed by atoms with Crippen LogP contribution >= 0.6 is 0 Å². The molecule has 0 aliphatic carbocycles. The molecule has 1 aliphatic rings. The lowest BCUT2D eigenvalue weighted by molar-refractivity contribution is -0.125. The third-order valence-electron chi connectivity index (χ3n) is 3.48. The number of amides is 1. The quantitative estimate of drug-likeness (QED) is 0.662. The molecule has 20 heavy (non-hydrogen) atoms. The van der Waals surface area contributed by atoms with Crippen LogP contribution in [0.1, 0.15) is 12.8 Å². The van der Waals surface area contributed by atoms with Gasteiger partial charge in [-0.3, -0.25) is 9.59 Å². The molecular weight excluding hydrogens is 262 g/mol. The Labute approximate surface area is 116 Å². The van der Waals surface area contributed by atoms with E-state index in [1.807, 2.05) is 0 Å². The van der Waals surface area contributed by atoms with E-state index in [4.69, 9.17) is 10.5 Å². The van der Waals surface area contributed by atoms with Crippen molar-refractivity contribution in [2.75, 3.05) is 25.6 Å². The molecule has 7 heteroatoms. The fourth-order valence-corrected chi connectivity index (χ4v) is 2.25. The molecule has 110 valence electrons. The average molecular weight is 281 g/mol. The number of ether oxygens (including phenoxy) is 1. The second-order valence-electron chi connectivity index (χ2n) is 5.03. The molecule has 1 saturated heterocycles. The van der Waals surface area contributed by atoms with E-state index in [-0.39, 0.29) is 24.6 Å². The van der Waals surface area contributed by atoms with Gasteiger partial charge in [-0.1, -0.05) is 0 Å². The Kier molecular flexibility index (Phi) is 4.41. The van der Waals surface area contributed by atoms with Crippen LogP contribution in [0.2, 0.25) is 0 Å². The summed E-state index contributed by atoms with van der Waals surface area (Å²) in [5.41, 5.74) is 5.06. The number of aliphatic hydroxyl groups excluding tert-OH is 1. The number of hydrogen-bond donors (Lipinski definition) is 3. The smallest absolute Gasteiger partial charge is 0.251 e. The average Bonchev–Trinajstić information content (AvgIpc) is 2.44. The number of carbonyl (C=O) groups is 1. The Bertz CT molecular complexity index is 535. The summed E-state index contributed by atoms with van der Waals surface area (Å²) in [7, 11) is 0. The molecule has 0 saturated carbocycles. The molecule has 1 aliphatic heterocycles. The van der Waals surface area contributed by atoms with Gasteiger partial charge in [0.25, 0.3) is 5.56 Å². The Balaban J connectivity index is 2.04. The van der Waals surface area contributed by atoms with Crippen molar-refractivity contribution in [2.45, 2.75) is 24.9 Å². The van der Waals surface area contributed by atoms with E-state index in [2.05, 4.69) is 5.32 Å². The van der Waals surface area contributed by atoms with E-state index in [1.165, 1.54) is 22.9 Å². The van der Waals surface area contributed by atoms with Gasteiger partial charge in [0.2, 0.25) is 5.91 Å². The van der Waals surface area contributed by atoms with Gasteiger partial charge in [0.15, 0.2) is 0 Å². The summed E-state index contributed by atoms with van der Waals surface area (Å²) in [6, 6.07) is 2.81. The number of hydrogen-bond acceptors (Lipinski definition) is 5. The molecule has 0 atom stereocenters. The van der Waals surface area contributed by atoms with Crippen molar-refractivity contribution >= 4 is 11.6 Å². The number of nitrogen functional groups attached to an aromatic ring is 1. The highest BCUT2D eigenvalue weighted by Crippen LogP contribution is 2.19. The zero-order valence-corrected chi connectivity index (χ0v) is 11.2. The van der Waals surface area contributed by atoms with Gasteiger partial charge in [-0.2, -0.15) is 0 Å². The van der Waals surface area contributed by atoms with Gasteiger partial charge in [0, 0.05) is 31.2 Å². The van der Waals surface area contributed by atoms with Crippen LogP contribution in [0, 0.1) is 0 Å². The first kappa shape index (κ1) is 14.5. The monoisotopic (exact) mass is 281 g/mol.